The Hall–Kier alpha value is -2.68. The number of carbonyl (C=O) groups is 2. The summed E-state index contributed by atoms with van der Waals surface area (Å²) in [5.74, 6) is -0.540. The molecule has 0 radical (unpaired) electrons. The monoisotopic (exact) mass is 386 g/mol. The van der Waals surface area contributed by atoms with Gasteiger partial charge in [-0.05, 0) is 43.2 Å². The first kappa shape index (κ1) is 18.7. The number of hydrogen-bond donors (Lipinski definition) is 2. The van der Waals surface area contributed by atoms with E-state index in [4.69, 9.17) is 0 Å². The van der Waals surface area contributed by atoms with Gasteiger partial charge in [0.05, 0.1) is 11.9 Å². The van der Waals surface area contributed by atoms with E-state index in [0.29, 0.717) is 50.6 Å². The summed E-state index contributed by atoms with van der Waals surface area (Å²) >= 11 is 0. The molecule has 2 aromatic heterocycles. The maximum absolute atomic E-state index is 12.7. The quantitative estimate of drug-likeness (QED) is 0.725. The zero-order valence-electron chi connectivity index (χ0n) is 16.0. The molecule has 0 aromatic carbocycles. The minimum Gasteiger partial charge on any atom is -0.383 e. The first-order valence-corrected chi connectivity index (χ1v) is 9.72. The molecule has 1 atom stereocenters. The third-order valence-corrected chi connectivity index (χ3v) is 5.92. The molecule has 9 nitrogen and oxygen atoms in total. The molecule has 1 unspecified atom stereocenters. The number of amides is 2. The molecule has 0 aliphatic carbocycles. The first-order chi connectivity index (χ1) is 13.4. The van der Waals surface area contributed by atoms with Crippen molar-refractivity contribution in [2.45, 2.75) is 31.3 Å². The van der Waals surface area contributed by atoms with Gasteiger partial charge in [0.2, 0.25) is 0 Å². The van der Waals surface area contributed by atoms with Crippen LogP contribution in [-0.4, -0.2) is 72.9 Å². The van der Waals surface area contributed by atoms with E-state index in [1.807, 2.05) is 19.4 Å². The van der Waals surface area contributed by atoms with Crippen LogP contribution in [0.2, 0.25) is 0 Å². The van der Waals surface area contributed by atoms with Crippen molar-refractivity contribution in [1.29, 1.82) is 0 Å². The fraction of sp³-hybridized carbons (Fsp3) is 0.579. The molecule has 0 bridgehead atoms. The minimum absolute atomic E-state index is 0.354. The summed E-state index contributed by atoms with van der Waals surface area (Å²) in [6.45, 7) is 1.92. The zero-order valence-corrected chi connectivity index (χ0v) is 16.0. The summed E-state index contributed by atoms with van der Waals surface area (Å²) in [7, 11) is 1.89. The Morgan fingerprint density at radius 3 is 2.64 bits per heavy atom. The van der Waals surface area contributed by atoms with Gasteiger partial charge in [-0.1, -0.05) is 0 Å². The number of H-pyrrole nitrogens is 1. The topological polar surface area (TPSA) is 107 Å². The van der Waals surface area contributed by atoms with E-state index < -0.39 is 17.4 Å². The van der Waals surface area contributed by atoms with Crippen LogP contribution in [-0.2, 0) is 28.7 Å². The smallest absolute Gasteiger partial charge is 0.312 e. The van der Waals surface area contributed by atoms with E-state index in [1.54, 1.807) is 26.7 Å². The number of aromatic amines is 1. The molecule has 9 heteroatoms. The predicted octanol–water partition coefficient (Wildman–Crippen LogP) is 0.0444. The Balaban J connectivity index is 1.30. The summed E-state index contributed by atoms with van der Waals surface area (Å²) < 4.78 is 1.78. The molecule has 2 amide bonds. The van der Waals surface area contributed by atoms with Gasteiger partial charge in [-0.3, -0.25) is 19.4 Å². The first-order valence-electron chi connectivity index (χ1n) is 9.72. The van der Waals surface area contributed by atoms with Crippen LogP contribution in [0, 0.1) is 5.92 Å². The second-order valence-electron chi connectivity index (χ2n) is 7.93. The van der Waals surface area contributed by atoms with Crippen molar-refractivity contribution < 1.29 is 14.7 Å². The fourth-order valence-corrected chi connectivity index (χ4v) is 4.23. The van der Waals surface area contributed by atoms with Gasteiger partial charge in [0, 0.05) is 45.6 Å². The number of aliphatic hydroxyl groups is 1. The second kappa shape index (κ2) is 7.38. The average molecular weight is 386 g/mol. The molecule has 2 fully saturated rings. The molecular weight excluding hydrogens is 360 g/mol. The number of piperidine rings is 1. The molecule has 0 spiro atoms. The van der Waals surface area contributed by atoms with E-state index in [2.05, 4.69) is 15.3 Å². The van der Waals surface area contributed by atoms with Gasteiger partial charge in [-0.2, -0.15) is 10.2 Å². The van der Waals surface area contributed by atoms with Crippen LogP contribution in [0.5, 0.6) is 0 Å². The Bertz CT molecular complexity index is 838. The van der Waals surface area contributed by atoms with E-state index in [1.165, 1.54) is 0 Å². The highest BCUT2D eigenvalue weighted by atomic mass is 16.3. The molecule has 2 saturated heterocycles. The lowest BCUT2D eigenvalue weighted by Gasteiger charge is -2.37. The number of aryl methyl sites for hydroxylation is 1. The van der Waals surface area contributed by atoms with Gasteiger partial charge in [0.15, 0.2) is 0 Å². The highest BCUT2D eigenvalue weighted by Crippen LogP contribution is 2.31. The molecule has 2 N–H and O–H groups in total. The van der Waals surface area contributed by atoms with Crippen LogP contribution < -0.4 is 0 Å². The largest absolute Gasteiger partial charge is 0.383 e. The molecular formula is C19H26N6O3. The Morgan fingerprint density at radius 2 is 2.00 bits per heavy atom. The van der Waals surface area contributed by atoms with Gasteiger partial charge in [0.25, 0.3) is 0 Å². The summed E-state index contributed by atoms with van der Waals surface area (Å²) in [6, 6.07) is 1.75. The summed E-state index contributed by atoms with van der Waals surface area (Å²) in [4.78, 5) is 28.6. The minimum atomic E-state index is -1.02. The molecule has 28 heavy (non-hydrogen) atoms. The molecule has 2 aromatic rings. The number of hydrogen-bond acceptors (Lipinski definition) is 5. The van der Waals surface area contributed by atoms with Gasteiger partial charge in [-0.25, -0.2) is 0 Å². The van der Waals surface area contributed by atoms with E-state index in [0.717, 1.165) is 18.4 Å². The van der Waals surface area contributed by atoms with Crippen molar-refractivity contribution in [2.24, 2.45) is 13.0 Å². The lowest BCUT2D eigenvalue weighted by Crippen LogP contribution is -2.50. The number of nitrogens with one attached hydrogen (secondary N) is 1. The fourth-order valence-electron chi connectivity index (χ4n) is 4.23. The van der Waals surface area contributed by atoms with E-state index in [9.17, 15) is 14.7 Å². The van der Waals surface area contributed by atoms with E-state index >= 15 is 0 Å². The van der Waals surface area contributed by atoms with Crippen molar-refractivity contribution in [3.8, 4) is 0 Å². The Labute approximate surface area is 163 Å². The molecule has 2 aliphatic rings. The third kappa shape index (κ3) is 3.66. The molecule has 0 saturated carbocycles. The van der Waals surface area contributed by atoms with Gasteiger partial charge >= 0.3 is 11.8 Å². The van der Waals surface area contributed by atoms with Crippen molar-refractivity contribution in [3.63, 3.8) is 0 Å². The normalized spacial score (nSPS) is 21.9. The van der Waals surface area contributed by atoms with Gasteiger partial charge < -0.3 is 14.9 Å². The number of likely N-dealkylation sites (tertiary alicyclic amines) is 2. The molecule has 4 rings (SSSR count). The second-order valence-corrected chi connectivity index (χ2v) is 7.93. The van der Waals surface area contributed by atoms with Crippen LogP contribution in [0.15, 0.2) is 24.7 Å². The van der Waals surface area contributed by atoms with Crippen LogP contribution in [0.4, 0.5) is 0 Å². The summed E-state index contributed by atoms with van der Waals surface area (Å²) in [5, 5.41) is 21.6. The number of nitrogens with zero attached hydrogens (tertiary/aromatic N) is 5. The van der Waals surface area contributed by atoms with Gasteiger partial charge in [-0.15, -0.1) is 0 Å². The average Bonchev–Trinajstić information content (AvgIpc) is 3.44. The highest BCUT2D eigenvalue weighted by Gasteiger charge is 2.39. The van der Waals surface area contributed by atoms with Crippen LogP contribution >= 0.6 is 0 Å². The van der Waals surface area contributed by atoms with Crippen molar-refractivity contribution in [1.82, 2.24) is 29.8 Å². The third-order valence-electron chi connectivity index (χ3n) is 5.92. The van der Waals surface area contributed by atoms with E-state index in [-0.39, 0.29) is 0 Å². The molecule has 4 heterocycles. The SMILES string of the molecule is Cn1cc(CC2CCN(C(=O)C(=O)N3CCC(O)(c4ccn[nH]4)CC3)C2)cn1. The van der Waals surface area contributed by atoms with Crippen LogP contribution in [0.3, 0.4) is 0 Å². The standard InChI is InChI=1S/C19H26N6O3/c1-23-12-15(11-21-23)10-14-3-7-25(13-14)18(27)17(26)24-8-4-19(28,5-9-24)16-2-6-20-22-16/h2,6,11-12,14,28H,3-5,7-10,13H2,1H3,(H,20,22). The number of aromatic nitrogens is 4. The predicted molar refractivity (Wildman–Crippen MR) is 99.9 cm³/mol. The zero-order chi connectivity index (χ0) is 19.7. The lowest BCUT2D eigenvalue weighted by molar-refractivity contribution is -0.154. The maximum Gasteiger partial charge on any atom is 0.312 e. The van der Waals surface area contributed by atoms with Gasteiger partial charge in [0.1, 0.15) is 5.60 Å². The van der Waals surface area contributed by atoms with Crippen molar-refractivity contribution >= 4 is 11.8 Å². The van der Waals surface area contributed by atoms with Crippen molar-refractivity contribution in [3.05, 3.63) is 35.9 Å². The lowest BCUT2D eigenvalue weighted by atomic mass is 9.88. The van der Waals surface area contributed by atoms with Crippen molar-refractivity contribution in [2.75, 3.05) is 26.2 Å². The molecule has 2 aliphatic heterocycles. The van der Waals surface area contributed by atoms with Crippen LogP contribution in [0.25, 0.3) is 0 Å². The highest BCUT2D eigenvalue weighted by molar-refractivity contribution is 6.35. The maximum atomic E-state index is 12.7. The molecule has 150 valence electrons. The summed E-state index contributed by atoms with van der Waals surface area (Å²) in [5.41, 5.74) is 0.796. The summed E-state index contributed by atoms with van der Waals surface area (Å²) in [6.07, 6.45) is 7.98. The van der Waals surface area contributed by atoms with Crippen LogP contribution in [0.1, 0.15) is 30.5 Å². The Kier molecular flexibility index (Phi) is 4.92. The number of carbonyl (C=O) groups excluding carboxylic acids is 2. The Morgan fingerprint density at radius 1 is 1.25 bits per heavy atom. The number of rotatable bonds is 3.